The van der Waals surface area contributed by atoms with Crippen LogP contribution >= 0.6 is 10.8 Å². The number of aryl methyl sites for hydroxylation is 1. The molecule has 1 aliphatic heterocycles. The minimum atomic E-state index is -3.65. The van der Waals surface area contributed by atoms with E-state index >= 15 is 0 Å². The molecule has 1 fully saturated rings. The van der Waals surface area contributed by atoms with Gasteiger partial charge in [0.2, 0.25) is 33.4 Å². The van der Waals surface area contributed by atoms with Crippen molar-refractivity contribution in [1.29, 1.82) is 0 Å². The van der Waals surface area contributed by atoms with E-state index < -0.39 is 27.3 Å². The summed E-state index contributed by atoms with van der Waals surface area (Å²) in [6.07, 6.45) is -0.328. The maximum atomic E-state index is 12.8. The molecule has 3 heterocycles. The maximum Gasteiger partial charge on any atom is 0.249 e. The van der Waals surface area contributed by atoms with E-state index in [0.717, 1.165) is 16.9 Å². The van der Waals surface area contributed by atoms with Gasteiger partial charge < -0.3 is 19.3 Å². The zero-order valence-electron chi connectivity index (χ0n) is 28.2. The first-order valence-corrected chi connectivity index (χ1v) is 19.2. The molecule has 0 bridgehead atoms. The Hall–Kier alpha value is -4.58. The number of aliphatic hydroxyl groups excluding tert-OH is 1. The van der Waals surface area contributed by atoms with Crippen LogP contribution in [-0.4, -0.2) is 70.5 Å². The van der Waals surface area contributed by atoms with E-state index in [1.165, 1.54) is 6.33 Å². The lowest BCUT2D eigenvalue weighted by Gasteiger charge is -2.23. The smallest absolute Gasteiger partial charge is 0.249 e. The SMILES string of the molecule is Cc1ccc(S(=O)(=O)SCO[C@H]2C[C@H](n3cnc4c(OCON(c5ccccc5)c5ccccc5)nc(NC(=O)C(C)C)nc43)O[C@@H]2CO)cc1. The van der Waals surface area contributed by atoms with Crippen LogP contribution in [0.4, 0.5) is 17.3 Å². The second kappa shape index (κ2) is 16.2. The van der Waals surface area contributed by atoms with Gasteiger partial charge in [0.15, 0.2) is 11.2 Å². The van der Waals surface area contributed by atoms with Gasteiger partial charge >= 0.3 is 0 Å². The summed E-state index contributed by atoms with van der Waals surface area (Å²) in [5.41, 5.74) is 3.07. The normalized spacial score (nSPS) is 17.5. The summed E-state index contributed by atoms with van der Waals surface area (Å²) in [6.45, 7) is 4.74. The van der Waals surface area contributed by atoms with Crippen LogP contribution in [-0.2, 0) is 28.0 Å². The fourth-order valence-corrected chi connectivity index (χ4v) is 7.49. The van der Waals surface area contributed by atoms with Crippen molar-refractivity contribution in [3.05, 3.63) is 96.8 Å². The zero-order valence-corrected chi connectivity index (χ0v) is 29.8. The standard InChI is InChI=1S/C35H38N6O8S2/c1-23(2)33(43)38-35-37-32-31(34(39-35)46-21-48-41(25-10-6-4-7-11-25)26-12-8-5-9-13-26)36-20-40(32)30-18-28(29(19-42)49-30)47-22-50-51(44,45)27-16-14-24(3)15-17-27/h4-17,20,23,28-30,42H,18-19,21-22H2,1-3H3,(H,37,38,39,43)/t28-,29+,30+/m0/s1. The number of benzene rings is 3. The summed E-state index contributed by atoms with van der Waals surface area (Å²) in [5, 5.41) is 14.5. The highest BCUT2D eigenvalue weighted by Crippen LogP contribution is 2.36. The quantitative estimate of drug-likeness (QED) is 0.0778. The monoisotopic (exact) mass is 734 g/mol. The number of rotatable bonds is 15. The Labute approximate surface area is 299 Å². The van der Waals surface area contributed by atoms with E-state index in [9.17, 15) is 18.3 Å². The predicted octanol–water partition coefficient (Wildman–Crippen LogP) is 5.58. The van der Waals surface area contributed by atoms with E-state index in [-0.39, 0.29) is 59.8 Å². The first kappa shape index (κ1) is 36.2. The first-order chi connectivity index (χ1) is 24.6. The molecule has 268 valence electrons. The summed E-state index contributed by atoms with van der Waals surface area (Å²) in [7, 11) is -3.00. The molecule has 0 saturated carbocycles. The average molecular weight is 735 g/mol. The summed E-state index contributed by atoms with van der Waals surface area (Å²) in [6, 6.07) is 25.6. The lowest BCUT2D eigenvalue weighted by atomic mass is 10.2. The van der Waals surface area contributed by atoms with Crippen molar-refractivity contribution in [2.75, 3.05) is 29.7 Å². The number of ether oxygens (including phenoxy) is 3. The van der Waals surface area contributed by atoms with Gasteiger partial charge in [-0.3, -0.25) is 14.7 Å². The lowest BCUT2D eigenvalue weighted by molar-refractivity contribution is -0.118. The Morgan fingerprint density at radius 3 is 2.33 bits per heavy atom. The molecule has 16 heteroatoms. The number of imidazole rings is 1. The van der Waals surface area contributed by atoms with Crippen LogP contribution in [0.5, 0.6) is 5.88 Å². The van der Waals surface area contributed by atoms with Gasteiger partial charge in [-0.1, -0.05) is 67.9 Å². The molecular weight excluding hydrogens is 697 g/mol. The largest absolute Gasteiger partial charge is 0.446 e. The minimum absolute atomic E-state index is 0.0110. The predicted molar refractivity (Wildman–Crippen MR) is 192 cm³/mol. The molecule has 0 unspecified atom stereocenters. The lowest BCUT2D eigenvalue weighted by Crippen LogP contribution is -2.27. The fraction of sp³-hybridized carbons (Fsp3) is 0.314. The molecule has 1 saturated heterocycles. The van der Waals surface area contributed by atoms with Gasteiger partial charge in [-0.25, -0.2) is 23.3 Å². The zero-order chi connectivity index (χ0) is 36.0. The number of nitrogens with one attached hydrogen (secondary N) is 1. The van der Waals surface area contributed by atoms with Crippen LogP contribution in [0.3, 0.4) is 0 Å². The number of carbonyl (C=O) groups excluding carboxylic acids is 1. The molecule has 2 aromatic heterocycles. The average Bonchev–Trinajstić information content (AvgIpc) is 3.75. The fourth-order valence-electron chi connectivity index (χ4n) is 5.23. The highest BCUT2D eigenvalue weighted by atomic mass is 33.1. The number of anilines is 3. The van der Waals surface area contributed by atoms with E-state index in [4.69, 9.17) is 19.0 Å². The van der Waals surface area contributed by atoms with E-state index in [2.05, 4.69) is 20.3 Å². The second-order valence-corrected chi connectivity index (χ2v) is 15.8. The number of aliphatic hydroxyl groups is 1. The van der Waals surface area contributed by atoms with Crippen molar-refractivity contribution in [3.63, 3.8) is 0 Å². The van der Waals surface area contributed by atoms with Crippen molar-refractivity contribution < 1.29 is 37.4 Å². The molecular formula is C35H38N6O8S2. The molecule has 3 aromatic carbocycles. The van der Waals surface area contributed by atoms with Crippen LogP contribution in [0.25, 0.3) is 11.2 Å². The Morgan fingerprint density at radius 1 is 1.04 bits per heavy atom. The third kappa shape index (κ3) is 8.66. The third-order valence-electron chi connectivity index (χ3n) is 7.97. The number of para-hydroxylation sites is 2. The summed E-state index contributed by atoms with van der Waals surface area (Å²) in [5.74, 6) is -0.774. The van der Waals surface area contributed by atoms with Crippen LogP contribution in [0.1, 0.15) is 32.1 Å². The second-order valence-electron chi connectivity index (χ2n) is 11.9. The Bertz CT molecular complexity index is 1990. The molecule has 1 aliphatic rings. The van der Waals surface area contributed by atoms with Gasteiger partial charge in [0, 0.05) is 23.1 Å². The molecule has 3 atom stereocenters. The van der Waals surface area contributed by atoms with Crippen LogP contribution in [0.2, 0.25) is 0 Å². The molecule has 1 amide bonds. The maximum absolute atomic E-state index is 12.8. The summed E-state index contributed by atoms with van der Waals surface area (Å²) in [4.78, 5) is 32.4. The topological polar surface area (TPSA) is 167 Å². The van der Waals surface area contributed by atoms with Gasteiger partial charge in [0.1, 0.15) is 18.3 Å². The van der Waals surface area contributed by atoms with E-state index in [1.54, 1.807) is 47.7 Å². The Balaban J connectivity index is 1.21. The molecule has 5 aromatic rings. The van der Waals surface area contributed by atoms with Crippen molar-refractivity contribution in [3.8, 4) is 5.88 Å². The molecule has 0 aliphatic carbocycles. The number of amides is 1. The van der Waals surface area contributed by atoms with Crippen molar-refractivity contribution >= 4 is 54.1 Å². The third-order valence-corrected chi connectivity index (χ3v) is 11.2. The molecule has 2 N–H and O–H groups in total. The van der Waals surface area contributed by atoms with Crippen LogP contribution < -0.4 is 15.1 Å². The van der Waals surface area contributed by atoms with Gasteiger partial charge in [-0.15, -0.1) is 0 Å². The highest BCUT2D eigenvalue weighted by Gasteiger charge is 2.38. The molecule has 51 heavy (non-hydrogen) atoms. The van der Waals surface area contributed by atoms with Gasteiger partial charge in [0.25, 0.3) is 0 Å². The number of hydrogen-bond acceptors (Lipinski definition) is 13. The van der Waals surface area contributed by atoms with E-state index in [1.807, 2.05) is 67.6 Å². The van der Waals surface area contributed by atoms with E-state index in [0.29, 0.717) is 16.4 Å². The number of nitrogens with zero attached hydrogens (tertiary/aromatic N) is 5. The Morgan fingerprint density at radius 2 is 1.71 bits per heavy atom. The number of aromatic nitrogens is 4. The molecule has 0 spiro atoms. The summed E-state index contributed by atoms with van der Waals surface area (Å²) < 4.78 is 45.4. The van der Waals surface area contributed by atoms with Crippen molar-refractivity contribution in [2.45, 2.75) is 50.5 Å². The molecule has 6 rings (SSSR count). The van der Waals surface area contributed by atoms with Crippen LogP contribution in [0, 0.1) is 12.8 Å². The molecule has 0 radical (unpaired) electrons. The van der Waals surface area contributed by atoms with Gasteiger partial charge in [-0.2, -0.15) is 9.97 Å². The van der Waals surface area contributed by atoms with Crippen molar-refractivity contribution in [2.24, 2.45) is 5.92 Å². The van der Waals surface area contributed by atoms with Crippen molar-refractivity contribution in [1.82, 2.24) is 19.5 Å². The first-order valence-electron chi connectivity index (χ1n) is 16.2. The summed E-state index contributed by atoms with van der Waals surface area (Å²) >= 11 is 0. The minimum Gasteiger partial charge on any atom is -0.446 e. The molecule has 14 nitrogen and oxygen atoms in total. The highest BCUT2D eigenvalue weighted by molar-refractivity contribution is 8.72. The van der Waals surface area contributed by atoms with Gasteiger partial charge in [0.05, 0.1) is 35.3 Å². The Kier molecular flexibility index (Phi) is 11.5. The van der Waals surface area contributed by atoms with Gasteiger partial charge in [-0.05, 0) is 43.3 Å². The number of hydrogen-bond donors (Lipinski definition) is 2. The number of fused-ring (bicyclic) bond motifs is 1. The number of carbonyl (C=O) groups is 1. The van der Waals surface area contributed by atoms with Crippen LogP contribution in [0.15, 0.2) is 96.2 Å².